The average Bonchev–Trinajstić information content (AvgIpc) is 2.71. The second kappa shape index (κ2) is 8.13. The monoisotopic (exact) mass is 244 g/mol. The molecule has 7 heteroatoms. The first-order valence-electron chi connectivity index (χ1n) is 5.52. The quantitative estimate of drug-likeness (QED) is 0.538. The van der Waals surface area contributed by atoms with E-state index in [1.165, 1.54) is 0 Å². The van der Waals surface area contributed by atoms with E-state index in [4.69, 9.17) is 9.47 Å². The molecule has 1 heterocycles. The van der Waals surface area contributed by atoms with Gasteiger partial charge in [-0.25, -0.2) is 4.98 Å². The van der Waals surface area contributed by atoms with Gasteiger partial charge in [-0.2, -0.15) is 5.10 Å². The Balaban J connectivity index is 2.02. The number of aromatic nitrogens is 3. The number of aryl methyl sites for hydroxylation is 1. The van der Waals surface area contributed by atoms with Gasteiger partial charge in [0.1, 0.15) is 6.33 Å². The van der Waals surface area contributed by atoms with Crippen molar-refractivity contribution in [3.05, 3.63) is 12.2 Å². The minimum absolute atomic E-state index is 0.298. The van der Waals surface area contributed by atoms with Crippen molar-refractivity contribution in [2.75, 3.05) is 33.5 Å². The zero-order chi connectivity index (χ0) is 12.5. The van der Waals surface area contributed by atoms with Crippen LogP contribution in [0.2, 0.25) is 0 Å². The summed E-state index contributed by atoms with van der Waals surface area (Å²) in [6, 6.07) is 0. The van der Waals surface area contributed by atoms with Gasteiger partial charge in [0.25, 0.3) is 0 Å². The normalized spacial score (nSPS) is 12.9. The van der Waals surface area contributed by atoms with Gasteiger partial charge in [0, 0.05) is 20.7 Å². The maximum Gasteiger partial charge on any atom is 0.164 e. The van der Waals surface area contributed by atoms with Crippen LogP contribution in [-0.4, -0.2) is 59.5 Å². The van der Waals surface area contributed by atoms with Gasteiger partial charge in [0.2, 0.25) is 0 Å². The van der Waals surface area contributed by atoms with Gasteiger partial charge in [-0.15, -0.1) is 0 Å². The van der Waals surface area contributed by atoms with E-state index < -0.39 is 6.10 Å². The lowest BCUT2D eigenvalue weighted by atomic mass is 10.4. The molecular weight excluding hydrogens is 224 g/mol. The Morgan fingerprint density at radius 1 is 1.53 bits per heavy atom. The lowest BCUT2D eigenvalue weighted by molar-refractivity contribution is 0.0136. The summed E-state index contributed by atoms with van der Waals surface area (Å²) in [6.07, 6.45) is 1.11. The van der Waals surface area contributed by atoms with E-state index in [0.717, 1.165) is 0 Å². The van der Waals surface area contributed by atoms with Crippen molar-refractivity contribution in [2.24, 2.45) is 7.05 Å². The van der Waals surface area contributed by atoms with E-state index in [1.54, 1.807) is 18.1 Å². The number of methoxy groups -OCH3 is 1. The predicted octanol–water partition coefficient (Wildman–Crippen LogP) is -1.07. The minimum atomic E-state index is -0.532. The molecule has 98 valence electrons. The second-order valence-electron chi connectivity index (χ2n) is 3.69. The molecule has 1 rings (SSSR count). The van der Waals surface area contributed by atoms with Crippen molar-refractivity contribution < 1.29 is 14.6 Å². The fourth-order valence-electron chi connectivity index (χ4n) is 1.24. The summed E-state index contributed by atoms with van der Waals surface area (Å²) in [5.41, 5.74) is 0. The minimum Gasteiger partial charge on any atom is -0.389 e. The fraction of sp³-hybridized carbons (Fsp3) is 0.800. The summed E-state index contributed by atoms with van der Waals surface area (Å²) >= 11 is 0. The molecule has 1 aromatic heterocycles. The third kappa shape index (κ3) is 6.32. The highest BCUT2D eigenvalue weighted by molar-refractivity contribution is 4.80. The number of rotatable bonds is 9. The van der Waals surface area contributed by atoms with Crippen LogP contribution in [0, 0.1) is 0 Å². The van der Waals surface area contributed by atoms with Gasteiger partial charge in [-0.1, -0.05) is 0 Å². The first-order chi connectivity index (χ1) is 8.22. The van der Waals surface area contributed by atoms with E-state index in [9.17, 15) is 5.11 Å². The van der Waals surface area contributed by atoms with Crippen LogP contribution >= 0.6 is 0 Å². The fourth-order valence-corrected chi connectivity index (χ4v) is 1.24. The zero-order valence-electron chi connectivity index (χ0n) is 10.3. The Kier molecular flexibility index (Phi) is 6.71. The van der Waals surface area contributed by atoms with Crippen molar-refractivity contribution in [1.29, 1.82) is 0 Å². The molecule has 0 saturated carbocycles. The number of nitrogens with zero attached hydrogens (tertiary/aromatic N) is 3. The molecular formula is C10H20N4O3. The Labute approximate surface area is 101 Å². The van der Waals surface area contributed by atoms with Crippen molar-refractivity contribution in [3.63, 3.8) is 0 Å². The van der Waals surface area contributed by atoms with Crippen LogP contribution < -0.4 is 5.32 Å². The molecule has 17 heavy (non-hydrogen) atoms. The van der Waals surface area contributed by atoms with Crippen LogP contribution in [0.5, 0.6) is 0 Å². The first kappa shape index (κ1) is 14.0. The van der Waals surface area contributed by atoms with Crippen molar-refractivity contribution in [1.82, 2.24) is 20.1 Å². The van der Waals surface area contributed by atoms with Gasteiger partial charge < -0.3 is 19.9 Å². The largest absolute Gasteiger partial charge is 0.389 e. The lowest BCUT2D eigenvalue weighted by Gasteiger charge is -2.11. The van der Waals surface area contributed by atoms with E-state index in [-0.39, 0.29) is 0 Å². The molecule has 1 aromatic rings. The summed E-state index contributed by atoms with van der Waals surface area (Å²) in [7, 11) is 3.43. The standard InChI is InChI=1S/C10H20N4O3/c1-14-8-12-10(13-14)6-11-5-9(15)7-17-4-3-16-2/h8-9,11,15H,3-7H2,1-2H3. The summed E-state index contributed by atoms with van der Waals surface area (Å²) in [5, 5.41) is 16.7. The number of ether oxygens (including phenoxy) is 2. The van der Waals surface area contributed by atoms with E-state index in [0.29, 0.717) is 38.7 Å². The van der Waals surface area contributed by atoms with Gasteiger partial charge in [0.15, 0.2) is 5.82 Å². The average molecular weight is 244 g/mol. The van der Waals surface area contributed by atoms with Crippen LogP contribution in [0.4, 0.5) is 0 Å². The summed E-state index contributed by atoms with van der Waals surface area (Å²) in [5.74, 6) is 0.708. The van der Waals surface area contributed by atoms with Gasteiger partial charge in [-0.05, 0) is 0 Å². The molecule has 0 aliphatic heterocycles. The third-order valence-corrected chi connectivity index (χ3v) is 2.05. The molecule has 0 aliphatic carbocycles. The van der Waals surface area contributed by atoms with Crippen LogP contribution in [0.15, 0.2) is 6.33 Å². The second-order valence-corrected chi connectivity index (χ2v) is 3.69. The molecule has 0 aromatic carbocycles. The predicted molar refractivity (Wildman–Crippen MR) is 61.4 cm³/mol. The maximum absolute atomic E-state index is 9.56. The van der Waals surface area contributed by atoms with E-state index >= 15 is 0 Å². The highest BCUT2D eigenvalue weighted by Gasteiger charge is 2.04. The molecule has 0 aliphatic rings. The smallest absolute Gasteiger partial charge is 0.164 e. The first-order valence-corrected chi connectivity index (χ1v) is 5.52. The molecule has 0 spiro atoms. The number of nitrogens with one attached hydrogen (secondary N) is 1. The Bertz CT molecular complexity index is 305. The van der Waals surface area contributed by atoms with Gasteiger partial charge >= 0.3 is 0 Å². The number of hydrogen-bond donors (Lipinski definition) is 2. The summed E-state index contributed by atoms with van der Waals surface area (Å²) in [6.45, 7) is 2.32. The lowest BCUT2D eigenvalue weighted by Crippen LogP contribution is -2.30. The molecule has 0 radical (unpaired) electrons. The number of aliphatic hydroxyl groups is 1. The van der Waals surface area contributed by atoms with Crippen molar-refractivity contribution in [2.45, 2.75) is 12.6 Å². The van der Waals surface area contributed by atoms with Crippen LogP contribution in [-0.2, 0) is 23.1 Å². The highest BCUT2D eigenvalue weighted by Crippen LogP contribution is 1.89. The van der Waals surface area contributed by atoms with Crippen LogP contribution in [0.25, 0.3) is 0 Å². The van der Waals surface area contributed by atoms with E-state index in [2.05, 4.69) is 15.4 Å². The molecule has 0 amide bonds. The Hall–Kier alpha value is -1.02. The Morgan fingerprint density at radius 3 is 3.00 bits per heavy atom. The maximum atomic E-state index is 9.56. The molecule has 7 nitrogen and oxygen atoms in total. The highest BCUT2D eigenvalue weighted by atomic mass is 16.5. The van der Waals surface area contributed by atoms with Gasteiger partial charge in [-0.3, -0.25) is 4.68 Å². The third-order valence-electron chi connectivity index (χ3n) is 2.05. The summed E-state index contributed by atoms with van der Waals surface area (Å²) in [4.78, 5) is 4.06. The topological polar surface area (TPSA) is 81.4 Å². The zero-order valence-corrected chi connectivity index (χ0v) is 10.3. The molecule has 1 unspecified atom stereocenters. The van der Waals surface area contributed by atoms with Crippen LogP contribution in [0.1, 0.15) is 5.82 Å². The van der Waals surface area contributed by atoms with E-state index in [1.807, 2.05) is 7.05 Å². The van der Waals surface area contributed by atoms with Crippen molar-refractivity contribution in [3.8, 4) is 0 Å². The number of aliphatic hydroxyl groups excluding tert-OH is 1. The molecule has 0 bridgehead atoms. The SMILES string of the molecule is COCCOCC(O)CNCc1ncn(C)n1. The molecule has 0 saturated heterocycles. The van der Waals surface area contributed by atoms with Gasteiger partial charge in [0.05, 0.1) is 32.5 Å². The summed E-state index contributed by atoms with van der Waals surface area (Å²) < 4.78 is 11.7. The molecule has 2 N–H and O–H groups in total. The number of hydrogen-bond acceptors (Lipinski definition) is 6. The van der Waals surface area contributed by atoms with Crippen LogP contribution in [0.3, 0.4) is 0 Å². The van der Waals surface area contributed by atoms with Crippen molar-refractivity contribution >= 4 is 0 Å². The molecule has 1 atom stereocenters. The molecule has 0 fully saturated rings. The Morgan fingerprint density at radius 2 is 2.35 bits per heavy atom.